The van der Waals surface area contributed by atoms with Crippen LogP contribution in [-0.4, -0.2) is 46.9 Å². The lowest BCUT2D eigenvalue weighted by molar-refractivity contribution is -0.385. The van der Waals surface area contributed by atoms with Crippen molar-refractivity contribution in [2.45, 2.75) is 45.8 Å². The van der Waals surface area contributed by atoms with Crippen molar-refractivity contribution in [2.75, 3.05) is 13.7 Å². The van der Waals surface area contributed by atoms with Crippen molar-refractivity contribution in [2.24, 2.45) is 0 Å². The molecule has 9 nitrogen and oxygen atoms in total. The van der Waals surface area contributed by atoms with E-state index < -0.39 is 40.7 Å². The maximum absolute atomic E-state index is 14.2. The van der Waals surface area contributed by atoms with E-state index in [-0.39, 0.29) is 29.3 Å². The first kappa shape index (κ1) is 25.6. The fourth-order valence-electron chi connectivity index (χ4n) is 2.99. The van der Waals surface area contributed by atoms with Crippen LogP contribution in [0.2, 0.25) is 0 Å². The van der Waals surface area contributed by atoms with E-state index in [4.69, 9.17) is 9.47 Å². The van der Waals surface area contributed by atoms with Crippen LogP contribution < -0.4 is 14.8 Å². The first-order chi connectivity index (χ1) is 15.4. The third kappa shape index (κ3) is 7.16. The number of hydrogen-bond donors (Lipinski definition) is 1. The lowest BCUT2D eigenvalue weighted by Gasteiger charge is -2.31. The van der Waals surface area contributed by atoms with Crippen LogP contribution in [0.25, 0.3) is 0 Å². The van der Waals surface area contributed by atoms with Crippen molar-refractivity contribution >= 4 is 17.5 Å². The molecule has 0 aliphatic rings. The van der Waals surface area contributed by atoms with E-state index in [1.54, 1.807) is 13.0 Å². The molecule has 0 heterocycles. The Hall–Kier alpha value is -3.69. The van der Waals surface area contributed by atoms with Gasteiger partial charge >= 0.3 is 5.69 Å². The maximum Gasteiger partial charge on any atom is 0.311 e. The zero-order chi connectivity index (χ0) is 24.8. The van der Waals surface area contributed by atoms with Gasteiger partial charge in [0.25, 0.3) is 5.91 Å². The monoisotopic (exact) mass is 461 g/mol. The third-order valence-electron chi connectivity index (χ3n) is 4.67. The molecule has 0 spiro atoms. The van der Waals surface area contributed by atoms with E-state index in [0.717, 1.165) is 0 Å². The van der Waals surface area contributed by atoms with Gasteiger partial charge in [-0.1, -0.05) is 18.2 Å². The number of halogens is 1. The molecule has 2 aromatic carbocycles. The highest BCUT2D eigenvalue weighted by Crippen LogP contribution is 2.30. The average Bonchev–Trinajstić information content (AvgIpc) is 2.74. The number of nitrogens with one attached hydrogen (secondary N) is 1. The second-order valence-corrected chi connectivity index (χ2v) is 8.41. The number of nitrogens with zero attached hydrogens (tertiary/aromatic N) is 2. The summed E-state index contributed by atoms with van der Waals surface area (Å²) < 4.78 is 24.8. The maximum atomic E-state index is 14.2. The van der Waals surface area contributed by atoms with Crippen LogP contribution in [0.5, 0.6) is 11.5 Å². The van der Waals surface area contributed by atoms with Crippen molar-refractivity contribution < 1.29 is 28.4 Å². The van der Waals surface area contributed by atoms with Gasteiger partial charge in [-0.25, -0.2) is 4.39 Å². The molecule has 0 saturated heterocycles. The molecule has 0 aliphatic carbocycles. The SMILES string of the molecule is COc1cc(OCC(=O)N(Cc2ccccc2F)C(C)C(=O)NC(C)(C)C)ccc1[N+](=O)[O-]. The molecule has 0 fully saturated rings. The number of carbonyl (C=O) groups excluding carboxylic acids is 2. The van der Waals surface area contributed by atoms with Gasteiger partial charge in [-0.3, -0.25) is 19.7 Å². The summed E-state index contributed by atoms with van der Waals surface area (Å²) in [5, 5.41) is 13.9. The van der Waals surface area contributed by atoms with E-state index in [1.807, 2.05) is 20.8 Å². The Bertz CT molecular complexity index is 1020. The van der Waals surface area contributed by atoms with Gasteiger partial charge in [0.05, 0.1) is 12.0 Å². The molecule has 1 unspecified atom stereocenters. The van der Waals surface area contributed by atoms with E-state index in [0.29, 0.717) is 0 Å². The fraction of sp³-hybridized carbons (Fsp3) is 0.391. The number of nitro groups is 1. The predicted octanol–water partition coefficient (Wildman–Crippen LogP) is 3.45. The summed E-state index contributed by atoms with van der Waals surface area (Å²) in [6.07, 6.45) is 0. The first-order valence-corrected chi connectivity index (χ1v) is 10.2. The summed E-state index contributed by atoms with van der Waals surface area (Å²) in [6, 6.07) is 8.91. The van der Waals surface area contributed by atoms with Crippen molar-refractivity contribution in [3.05, 3.63) is 64.0 Å². The predicted molar refractivity (Wildman–Crippen MR) is 119 cm³/mol. The van der Waals surface area contributed by atoms with E-state index in [9.17, 15) is 24.1 Å². The largest absolute Gasteiger partial charge is 0.490 e. The molecule has 1 N–H and O–H groups in total. The summed E-state index contributed by atoms with van der Waals surface area (Å²) in [7, 11) is 1.28. The van der Waals surface area contributed by atoms with Crippen LogP contribution in [0.3, 0.4) is 0 Å². The molecule has 178 valence electrons. The number of methoxy groups -OCH3 is 1. The summed E-state index contributed by atoms with van der Waals surface area (Å²) in [5.74, 6) is -1.31. The molecule has 10 heteroatoms. The quantitative estimate of drug-likeness (QED) is 0.452. The molecule has 0 aliphatic heterocycles. The van der Waals surface area contributed by atoms with Gasteiger partial charge in [0, 0.05) is 29.8 Å². The molecule has 0 bridgehead atoms. The molecular weight excluding hydrogens is 433 g/mol. The minimum atomic E-state index is -0.911. The summed E-state index contributed by atoms with van der Waals surface area (Å²) in [6.45, 7) is 6.37. The normalized spacial score (nSPS) is 11.9. The third-order valence-corrected chi connectivity index (χ3v) is 4.67. The molecular formula is C23H28FN3O6. The molecule has 0 saturated carbocycles. The molecule has 2 rings (SSSR count). The molecule has 0 radical (unpaired) electrons. The molecule has 33 heavy (non-hydrogen) atoms. The number of benzene rings is 2. The zero-order valence-electron chi connectivity index (χ0n) is 19.3. The van der Waals surface area contributed by atoms with Gasteiger partial charge in [0.1, 0.15) is 17.6 Å². The van der Waals surface area contributed by atoms with Crippen LogP contribution >= 0.6 is 0 Å². The van der Waals surface area contributed by atoms with Crippen molar-refractivity contribution in [1.82, 2.24) is 10.2 Å². The van der Waals surface area contributed by atoms with Crippen LogP contribution in [-0.2, 0) is 16.1 Å². The first-order valence-electron chi connectivity index (χ1n) is 10.2. The molecule has 0 aromatic heterocycles. The highest BCUT2D eigenvalue weighted by Gasteiger charge is 2.29. The number of amides is 2. The Kier molecular flexibility index (Phi) is 8.33. The number of ether oxygens (including phenoxy) is 2. The highest BCUT2D eigenvalue weighted by molar-refractivity contribution is 5.88. The van der Waals surface area contributed by atoms with Gasteiger partial charge < -0.3 is 19.7 Å². The Morgan fingerprint density at radius 3 is 2.45 bits per heavy atom. The van der Waals surface area contributed by atoms with Gasteiger partial charge in [-0.2, -0.15) is 0 Å². The van der Waals surface area contributed by atoms with Gasteiger partial charge in [0.2, 0.25) is 11.7 Å². The van der Waals surface area contributed by atoms with E-state index in [1.165, 1.54) is 48.4 Å². The lowest BCUT2D eigenvalue weighted by atomic mass is 10.1. The zero-order valence-corrected chi connectivity index (χ0v) is 19.3. The van der Waals surface area contributed by atoms with Gasteiger partial charge in [-0.05, 0) is 39.8 Å². The lowest BCUT2D eigenvalue weighted by Crippen LogP contribution is -2.53. The van der Waals surface area contributed by atoms with Crippen molar-refractivity contribution in [1.29, 1.82) is 0 Å². The van der Waals surface area contributed by atoms with Crippen LogP contribution in [0, 0.1) is 15.9 Å². The minimum absolute atomic E-state index is 0.0221. The summed E-state index contributed by atoms with van der Waals surface area (Å²) in [4.78, 5) is 37.4. The highest BCUT2D eigenvalue weighted by atomic mass is 19.1. The standard InChI is InChI=1S/C23H28FN3O6/c1-15(22(29)25-23(2,3)4)26(13-16-8-6-7-9-18(16)24)21(28)14-33-17-10-11-19(27(30)31)20(12-17)32-5/h6-12,15H,13-14H2,1-5H3,(H,25,29). The Morgan fingerprint density at radius 1 is 1.21 bits per heavy atom. The summed E-state index contributed by atoms with van der Waals surface area (Å²) >= 11 is 0. The van der Waals surface area contributed by atoms with Crippen molar-refractivity contribution in [3.8, 4) is 11.5 Å². The van der Waals surface area contributed by atoms with E-state index >= 15 is 0 Å². The molecule has 1 atom stereocenters. The second kappa shape index (κ2) is 10.8. The number of carbonyl (C=O) groups is 2. The van der Waals surface area contributed by atoms with Crippen LogP contribution in [0.1, 0.15) is 33.3 Å². The summed E-state index contributed by atoms with van der Waals surface area (Å²) in [5.41, 5.74) is -0.521. The van der Waals surface area contributed by atoms with Crippen molar-refractivity contribution in [3.63, 3.8) is 0 Å². The number of hydrogen-bond acceptors (Lipinski definition) is 6. The second-order valence-electron chi connectivity index (χ2n) is 8.41. The molecule has 2 aromatic rings. The Balaban J connectivity index is 2.23. The smallest absolute Gasteiger partial charge is 0.311 e. The minimum Gasteiger partial charge on any atom is -0.490 e. The Labute approximate surface area is 191 Å². The Morgan fingerprint density at radius 2 is 1.88 bits per heavy atom. The topological polar surface area (TPSA) is 111 Å². The van der Waals surface area contributed by atoms with Gasteiger partial charge in [0.15, 0.2) is 6.61 Å². The van der Waals surface area contributed by atoms with E-state index in [2.05, 4.69) is 5.32 Å². The molecule has 2 amide bonds. The van der Waals surface area contributed by atoms with Gasteiger partial charge in [-0.15, -0.1) is 0 Å². The number of rotatable bonds is 9. The fourth-order valence-corrected chi connectivity index (χ4v) is 2.99. The van der Waals surface area contributed by atoms with Crippen LogP contribution in [0.4, 0.5) is 10.1 Å². The van der Waals surface area contributed by atoms with Crippen LogP contribution in [0.15, 0.2) is 42.5 Å². The average molecular weight is 461 g/mol. The number of nitro benzene ring substituents is 1.